The van der Waals surface area contributed by atoms with Gasteiger partial charge in [0.2, 0.25) is 0 Å². The predicted octanol–water partition coefficient (Wildman–Crippen LogP) is 2.40. The van der Waals surface area contributed by atoms with Crippen LogP contribution in [0, 0.1) is 0 Å². The molecule has 0 aliphatic rings. The lowest BCUT2D eigenvalue weighted by Gasteiger charge is -2.16. The Labute approximate surface area is 110 Å². The van der Waals surface area contributed by atoms with Crippen molar-refractivity contribution >= 4 is 15.9 Å². The van der Waals surface area contributed by atoms with Crippen molar-refractivity contribution in [1.82, 2.24) is 4.31 Å². The Kier molecular flexibility index (Phi) is 4.81. The maximum Gasteiger partial charge on any atom is 0.389 e. The molecule has 0 unspecified atom stereocenters. The van der Waals surface area contributed by atoms with E-state index in [-0.39, 0.29) is 12.1 Å². The van der Waals surface area contributed by atoms with Crippen molar-refractivity contribution in [3.05, 3.63) is 29.8 Å². The van der Waals surface area contributed by atoms with Gasteiger partial charge in [-0.3, -0.25) is 4.72 Å². The molecule has 0 bridgehead atoms. The maximum absolute atomic E-state index is 12.2. The standard InChI is InChI=1S/C11H15F3N2O2S/c1-16(2)19(17,18)15-10-6-4-3-5-9(10)7-8-11(12,13)14/h3-6,15H,7-8H2,1-2H3. The number of rotatable bonds is 5. The van der Waals surface area contributed by atoms with E-state index in [1.807, 2.05) is 0 Å². The number of alkyl halides is 3. The van der Waals surface area contributed by atoms with Crippen LogP contribution >= 0.6 is 0 Å². The molecule has 1 N–H and O–H groups in total. The number of para-hydroxylation sites is 1. The van der Waals surface area contributed by atoms with Crippen molar-refractivity contribution in [2.45, 2.75) is 19.0 Å². The molecule has 0 saturated heterocycles. The summed E-state index contributed by atoms with van der Waals surface area (Å²) in [6.45, 7) is 0. The van der Waals surface area contributed by atoms with Crippen molar-refractivity contribution in [3.63, 3.8) is 0 Å². The van der Waals surface area contributed by atoms with Crippen molar-refractivity contribution in [2.75, 3.05) is 18.8 Å². The number of nitrogens with one attached hydrogen (secondary N) is 1. The van der Waals surface area contributed by atoms with Crippen LogP contribution in [0.2, 0.25) is 0 Å². The highest BCUT2D eigenvalue weighted by Crippen LogP contribution is 2.25. The average molecular weight is 296 g/mol. The third-order valence-electron chi connectivity index (χ3n) is 2.41. The van der Waals surface area contributed by atoms with Crippen LogP contribution in [0.25, 0.3) is 0 Å². The van der Waals surface area contributed by atoms with Gasteiger partial charge >= 0.3 is 16.4 Å². The smallest absolute Gasteiger partial charge is 0.271 e. The van der Waals surface area contributed by atoms with Gasteiger partial charge in [0, 0.05) is 20.5 Å². The van der Waals surface area contributed by atoms with E-state index in [0.29, 0.717) is 5.56 Å². The van der Waals surface area contributed by atoms with E-state index in [2.05, 4.69) is 4.72 Å². The molecular weight excluding hydrogens is 281 g/mol. The second-order valence-corrected chi connectivity index (χ2v) is 6.05. The molecule has 0 fully saturated rings. The molecule has 0 radical (unpaired) electrons. The van der Waals surface area contributed by atoms with Gasteiger partial charge in [-0.1, -0.05) is 18.2 Å². The predicted molar refractivity (Wildman–Crippen MR) is 67.0 cm³/mol. The molecule has 0 saturated carbocycles. The molecule has 1 rings (SSSR count). The fourth-order valence-electron chi connectivity index (χ4n) is 1.34. The number of hydrogen-bond donors (Lipinski definition) is 1. The number of aryl methyl sites for hydroxylation is 1. The maximum atomic E-state index is 12.2. The zero-order valence-electron chi connectivity index (χ0n) is 10.5. The first-order chi connectivity index (χ1) is 8.62. The van der Waals surface area contributed by atoms with E-state index in [1.165, 1.54) is 26.2 Å². The minimum atomic E-state index is -4.27. The highest BCUT2D eigenvalue weighted by atomic mass is 32.2. The number of hydrogen-bond acceptors (Lipinski definition) is 2. The van der Waals surface area contributed by atoms with E-state index in [1.54, 1.807) is 12.1 Å². The van der Waals surface area contributed by atoms with Crippen LogP contribution in [-0.2, 0) is 16.6 Å². The van der Waals surface area contributed by atoms with Crippen molar-refractivity contribution in [1.29, 1.82) is 0 Å². The number of benzene rings is 1. The molecule has 0 heterocycles. The second kappa shape index (κ2) is 5.79. The summed E-state index contributed by atoms with van der Waals surface area (Å²) in [7, 11) is -1.06. The summed E-state index contributed by atoms with van der Waals surface area (Å²) in [5.74, 6) is 0. The van der Waals surface area contributed by atoms with Gasteiger partial charge in [0.05, 0.1) is 5.69 Å². The average Bonchev–Trinajstić information content (AvgIpc) is 2.26. The first-order valence-corrected chi connectivity index (χ1v) is 6.91. The SMILES string of the molecule is CN(C)S(=O)(=O)Nc1ccccc1CCC(F)(F)F. The summed E-state index contributed by atoms with van der Waals surface area (Å²) in [6, 6.07) is 6.04. The van der Waals surface area contributed by atoms with Gasteiger partial charge in [0.25, 0.3) is 0 Å². The lowest BCUT2D eigenvalue weighted by molar-refractivity contribution is -0.133. The van der Waals surface area contributed by atoms with Gasteiger partial charge < -0.3 is 0 Å². The number of nitrogens with zero attached hydrogens (tertiary/aromatic N) is 1. The van der Waals surface area contributed by atoms with Crippen LogP contribution in [0.4, 0.5) is 18.9 Å². The minimum absolute atomic E-state index is 0.167. The second-order valence-electron chi connectivity index (χ2n) is 4.16. The first kappa shape index (κ1) is 15.8. The Balaban J connectivity index is 2.91. The first-order valence-electron chi connectivity index (χ1n) is 5.47. The number of halogens is 3. The molecule has 0 aliphatic heterocycles. The topological polar surface area (TPSA) is 49.4 Å². The van der Waals surface area contributed by atoms with Gasteiger partial charge in [-0.05, 0) is 18.1 Å². The molecule has 0 aliphatic carbocycles. The lowest BCUT2D eigenvalue weighted by atomic mass is 10.1. The summed E-state index contributed by atoms with van der Waals surface area (Å²) in [5.41, 5.74) is 0.478. The Morgan fingerprint density at radius 1 is 1.21 bits per heavy atom. The Hall–Kier alpha value is -1.28. The minimum Gasteiger partial charge on any atom is -0.271 e. The van der Waals surface area contributed by atoms with Gasteiger partial charge in [0.15, 0.2) is 0 Å². The van der Waals surface area contributed by atoms with E-state index < -0.39 is 22.8 Å². The monoisotopic (exact) mass is 296 g/mol. The molecule has 19 heavy (non-hydrogen) atoms. The zero-order valence-corrected chi connectivity index (χ0v) is 11.3. The largest absolute Gasteiger partial charge is 0.389 e. The summed E-state index contributed by atoms with van der Waals surface area (Å²) in [4.78, 5) is 0. The van der Waals surface area contributed by atoms with Crippen LogP contribution < -0.4 is 4.72 Å². The summed E-state index contributed by atoms with van der Waals surface area (Å²) < 4.78 is 63.1. The zero-order chi connectivity index (χ0) is 14.7. The van der Waals surface area contributed by atoms with Crippen LogP contribution in [0.5, 0.6) is 0 Å². The number of anilines is 1. The van der Waals surface area contributed by atoms with Gasteiger partial charge in [-0.15, -0.1) is 0 Å². The molecule has 8 heteroatoms. The quantitative estimate of drug-likeness (QED) is 0.907. The van der Waals surface area contributed by atoms with Gasteiger partial charge in [0.1, 0.15) is 0 Å². The Morgan fingerprint density at radius 3 is 2.32 bits per heavy atom. The highest BCUT2D eigenvalue weighted by Gasteiger charge is 2.27. The molecule has 0 spiro atoms. The third-order valence-corrected chi connectivity index (χ3v) is 3.85. The molecule has 0 atom stereocenters. The van der Waals surface area contributed by atoms with Crippen LogP contribution in [0.1, 0.15) is 12.0 Å². The van der Waals surface area contributed by atoms with E-state index in [0.717, 1.165) is 4.31 Å². The molecular formula is C11H15F3N2O2S. The molecule has 4 nitrogen and oxygen atoms in total. The van der Waals surface area contributed by atoms with E-state index in [4.69, 9.17) is 0 Å². The molecule has 1 aromatic rings. The summed E-state index contributed by atoms with van der Waals surface area (Å²) in [5, 5.41) is 0. The molecule has 0 amide bonds. The highest BCUT2D eigenvalue weighted by molar-refractivity contribution is 7.90. The summed E-state index contributed by atoms with van der Waals surface area (Å²) >= 11 is 0. The van der Waals surface area contributed by atoms with E-state index >= 15 is 0 Å². The van der Waals surface area contributed by atoms with Crippen molar-refractivity contribution in [3.8, 4) is 0 Å². The van der Waals surface area contributed by atoms with Crippen molar-refractivity contribution in [2.24, 2.45) is 0 Å². The molecule has 1 aromatic carbocycles. The third kappa shape index (κ3) is 5.07. The fraction of sp³-hybridized carbons (Fsp3) is 0.455. The Bertz CT molecular complexity index is 527. The van der Waals surface area contributed by atoms with Crippen molar-refractivity contribution < 1.29 is 21.6 Å². The van der Waals surface area contributed by atoms with Crippen LogP contribution in [0.3, 0.4) is 0 Å². The van der Waals surface area contributed by atoms with Gasteiger partial charge in [-0.25, -0.2) is 0 Å². The normalized spacial score (nSPS) is 12.7. The molecule has 0 aromatic heterocycles. The summed E-state index contributed by atoms with van der Waals surface area (Å²) in [6.07, 6.45) is -5.53. The van der Waals surface area contributed by atoms with Crippen LogP contribution in [0.15, 0.2) is 24.3 Å². The Morgan fingerprint density at radius 2 is 1.79 bits per heavy atom. The molecule has 108 valence electrons. The van der Waals surface area contributed by atoms with E-state index in [9.17, 15) is 21.6 Å². The lowest BCUT2D eigenvalue weighted by Crippen LogP contribution is -2.29. The fourth-order valence-corrected chi connectivity index (χ4v) is 2.00. The van der Waals surface area contributed by atoms with Crippen LogP contribution in [-0.4, -0.2) is 33.0 Å². The van der Waals surface area contributed by atoms with Gasteiger partial charge in [-0.2, -0.15) is 25.9 Å².